The van der Waals surface area contributed by atoms with E-state index in [4.69, 9.17) is 0 Å². The van der Waals surface area contributed by atoms with Crippen molar-refractivity contribution < 1.29 is 27.8 Å². The maximum Gasteiger partial charge on any atom is 0.422 e. The molecule has 0 radical (unpaired) electrons. The Kier molecular flexibility index (Phi) is 5.41. The fourth-order valence-electron chi connectivity index (χ4n) is 0.622. The molecule has 0 aliphatic rings. The molecule has 4 nitrogen and oxygen atoms in total. The van der Waals surface area contributed by atoms with Crippen LogP contribution in [0, 0.1) is 5.92 Å². The minimum absolute atomic E-state index is 0.0899. The number of aliphatic hydroxyl groups is 1. The number of carbonyl (C=O) groups is 1. The number of hydrogen-bond acceptors (Lipinski definition) is 3. The molecule has 0 aromatic carbocycles. The van der Waals surface area contributed by atoms with Gasteiger partial charge in [-0.1, -0.05) is 13.8 Å². The summed E-state index contributed by atoms with van der Waals surface area (Å²) < 4.78 is 38.6. The second-order valence-corrected chi connectivity index (χ2v) is 3.38. The maximum atomic E-state index is 11.6. The first-order chi connectivity index (χ1) is 6.72. The zero-order chi connectivity index (χ0) is 12.1. The summed E-state index contributed by atoms with van der Waals surface area (Å²) in [4.78, 5) is 10.7. The maximum absolute atomic E-state index is 11.6. The quantitative estimate of drug-likeness (QED) is 0.763. The number of alkyl halides is 3. The highest BCUT2D eigenvalue weighted by Gasteiger charge is 2.29. The van der Waals surface area contributed by atoms with E-state index in [1.165, 1.54) is 0 Å². The van der Waals surface area contributed by atoms with Crippen molar-refractivity contribution in [3.05, 3.63) is 0 Å². The lowest BCUT2D eigenvalue weighted by atomic mass is 10.1. The van der Waals surface area contributed by atoms with Crippen molar-refractivity contribution in [3.63, 3.8) is 0 Å². The van der Waals surface area contributed by atoms with Gasteiger partial charge < -0.3 is 15.2 Å². The average molecular weight is 229 g/mol. The van der Waals surface area contributed by atoms with Crippen LogP contribution in [0.5, 0.6) is 0 Å². The highest BCUT2D eigenvalue weighted by atomic mass is 19.4. The number of amides is 1. The molecular formula is C8H14F3NO3. The van der Waals surface area contributed by atoms with Crippen LogP contribution < -0.4 is 5.32 Å². The average Bonchev–Trinajstić information content (AvgIpc) is 2.09. The van der Waals surface area contributed by atoms with Gasteiger partial charge in [0.15, 0.2) is 6.61 Å². The molecule has 90 valence electrons. The summed E-state index contributed by atoms with van der Waals surface area (Å²) in [6.45, 7) is 1.67. The van der Waals surface area contributed by atoms with E-state index < -0.39 is 25.0 Å². The van der Waals surface area contributed by atoms with Crippen LogP contribution in [0.3, 0.4) is 0 Å². The molecule has 0 aliphatic carbocycles. The van der Waals surface area contributed by atoms with Crippen LogP contribution in [0.1, 0.15) is 13.8 Å². The first kappa shape index (κ1) is 14.0. The van der Waals surface area contributed by atoms with Gasteiger partial charge in [0, 0.05) is 6.54 Å². The van der Waals surface area contributed by atoms with Crippen molar-refractivity contribution in [2.75, 3.05) is 13.2 Å². The number of nitrogens with one attached hydrogen (secondary N) is 1. The van der Waals surface area contributed by atoms with Crippen molar-refractivity contribution in [1.82, 2.24) is 5.32 Å². The van der Waals surface area contributed by atoms with Crippen LogP contribution in [-0.4, -0.2) is 36.6 Å². The summed E-state index contributed by atoms with van der Waals surface area (Å²) in [7, 11) is 0. The third-order valence-corrected chi connectivity index (χ3v) is 1.59. The lowest BCUT2D eigenvalue weighted by molar-refractivity contribution is -0.160. The summed E-state index contributed by atoms with van der Waals surface area (Å²) in [6, 6.07) is 0. The molecule has 0 saturated heterocycles. The van der Waals surface area contributed by atoms with Crippen LogP contribution in [0.4, 0.5) is 18.0 Å². The van der Waals surface area contributed by atoms with E-state index in [-0.39, 0.29) is 12.5 Å². The minimum Gasteiger partial charge on any atom is -0.440 e. The molecule has 1 amide bonds. The highest BCUT2D eigenvalue weighted by Crippen LogP contribution is 2.14. The van der Waals surface area contributed by atoms with Crippen LogP contribution in [-0.2, 0) is 4.74 Å². The molecule has 0 fully saturated rings. The van der Waals surface area contributed by atoms with E-state index in [1.807, 2.05) is 5.32 Å². The number of alkyl carbamates (subject to hydrolysis) is 1. The van der Waals surface area contributed by atoms with Gasteiger partial charge in [0.25, 0.3) is 0 Å². The summed E-state index contributed by atoms with van der Waals surface area (Å²) in [5.74, 6) is -0.0899. The Morgan fingerprint density at radius 1 is 1.47 bits per heavy atom. The van der Waals surface area contributed by atoms with Gasteiger partial charge in [0.05, 0.1) is 6.10 Å². The van der Waals surface area contributed by atoms with Crippen LogP contribution in [0.25, 0.3) is 0 Å². The lowest BCUT2D eigenvalue weighted by Gasteiger charge is -2.15. The molecule has 15 heavy (non-hydrogen) atoms. The number of carbonyl (C=O) groups excluding carboxylic acids is 1. The molecule has 0 saturated carbocycles. The van der Waals surface area contributed by atoms with Gasteiger partial charge in [-0.2, -0.15) is 13.2 Å². The molecule has 0 heterocycles. The van der Waals surface area contributed by atoms with Gasteiger partial charge in [-0.3, -0.25) is 0 Å². The fraction of sp³-hybridized carbons (Fsp3) is 0.875. The molecule has 0 spiro atoms. The van der Waals surface area contributed by atoms with Gasteiger partial charge >= 0.3 is 12.3 Å². The van der Waals surface area contributed by atoms with E-state index in [9.17, 15) is 23.1 Å². The number of rotatable bonds is 4. The molecule has 0 aliphatic heterocycles. The Morgan fingerprint density at radius 3 is 2.40 bits per heavy atom. The van der Waals surface area contributed by atoms with Crippen LogP contribution in [0.2, 0.25) is 0 Å². The molecular weight excluding hydrogens is 215 g/mol. The minimum atomic E-state index is -4.53. The first-order valence-electron chi connectivity index (χ1n) is 4.38. The first-order valence-corrected chi connectivity index (χ1v) is 4.38. The summed E-state index contributed by atoms with van der Waals surface area (Å²) >= 11 is 0. The standard InChI is InChI=1S/C8H14F3NO3/c1-5(2)6(13)3-12-7(14)15-4-8(9,10)11/h5-6,13H,3-4H2,1-2H3,(H,12,14). The third-order valence-electron chi connectivity index (χ3n) is 1.59. The predicted octanol–water partition coefficient (Wildman–Crippen LogP) is 1.29. The SMILES string of the molecule is CC(C)C(O)CNC(=O)OCC(F)(F)F. The van der Waals surface area contributed by atoms with Crippen LogP contribution >= 0.6 is 0 Å². The Morgan fingerprint density at radius 2 is 2.00 bits per heavy atom. The summed E-state index contributed by atoms with van der Waals surface area (Å²) in [5.41, 5.74) is 0. The van der Waals surface area contributed by atoms with Gasteiger partial charge in [-0.25, -0.2) is 4.79 Å². The zero-order valence-electron chi connectivity index (χ0n) is 8.47. The number of ether oxygens (including phenoxy) is 1. The van der Waals surface area contributed by atoms with E-state index in [0.717, 1.165) is 0 Å². The molecule has 0 bridgehead atoms. The molecule has 0 aromatic heterocycles. The second-order valence-electron chi connectivity index (χ2n) is 3.38. The van der Waals surface area contributed by atoms with Crippen molar-refractivity contribution >= 4 is 6.09 Å². The summed E-state index contributed by atoms with van der Waals surface area (Å²) in [6.07, 6.45) is -6.52. The van der Waals surface area contributed by atoms with E-state index in [2.05, 4.69) is 4.74 Å². The van der Waals surface area contributed by atoms with Gasteiger partial charge in [-0.05, 0) is 5.92 Å². The van der Waals surface area contributed by atoms with E-state index in [1.54, 1.807) is 13.8 Å². The lowest BCUT2D eigenvalue weighted by Crippen LogP contribution is -2.36. The molecule has 1 unspecified atom stereocenters. The molecule has 0 rings (SSSR count). The Labute approximate surface area is 85.4 Å². The van der Waals surface area contributed by atoms with E-state index >= 15 is 0 Å². The molecule has 2 N–H and O–H groups in total. The number of hydrogen-bond donors (Lipinski definition) is 2. The monoisotopic (exact) mass is 229 g/mol. The zero-order valence-corrected chi connectivity index (χ0v) is 8.47. The normalized spacial score (nSPS) is 13.8. The van der Waals surface area contributed by atoms with Crippen molar-refractivity contribution in [1.29, 1.82) is 0 Å². The predicted molar refractivity (Wildman–Crippen MR) is 46.3 cm³/mol. The summed E-state index contributed by atoms with van der Waals surface area (Å²) in [5, 5.41) is 11.2. The van der Waals surface area contributed by atoms with E-state index in [0.29, 0.717) is 0 Å². The van der Waals surface area contributed by atoms with Crippen molar-refractivity contribution in [2.24, 2.45) is 5.92 Å². The number of halogens is 3. The molecule has 7 heteroatoms. The number of aliphatic hydroxyl groups excluding tert-OH is 1. The van der Waals surface area contributed by atoms with Gasteiger partial charge in [-0.15, -0.1) is 0 Å². The molecule has 0 aromatic rings. The smallest absolute Gasteiger partial charge is 0.422 e. The Balaban J connectivity index is 3.67. The fourth-order valence-corrected chi connectivity index (χ4v) is 0.622. The molecule has 1 atom stereocenters. The topological polar surface area (TPSA) is 58.6 Å². The van der Waals surface area contributed by atoms with Crippen LogP contribution in [0.15, 0.2) is 0 Å². The second kappa shape index (κ2) is 5.79. The highest BCUT2D eigenvalue weighted by molar-refractivity contribution is 5.67. The van der Waals surface area contributed by atoms with Crippen molar-refractivity contribution in [3.8, 4) is 0 Å². The third kappa shape index (κ3) is 8.04. The largest absolute Gasteiger partial charge is 0.440 e. The Bertz CT molecular complexity index is 206. The Hall–Kier alpha value is -0.980. The van der Waals surface area contributed by atoms with Crippen molar-refractivity contribution in [2.45, 2.75) is 26.1 Å². The van der Waals surface area contributed by atoms with Gasteiger partial charge in [0.1, 0.15) is 0 Å². The van der Waals surface area contributed by atoms with Gasteiger partial charge in [0.2, 0.25) is 0 Å².